The molecule has 1 aliphatic heterocycles. The fourth-order valence-electron chi connectivity index (χ4n) is 3.78. The average Bonchev–Trinajstić information content (AvgIpc) is 3.39. The highest BCUT2D eigenvalue weighted by Gasteiger charge is 2.30. The van der Waals surface area contributed by atoms with Crippen molar-refractivity contribution < 1.29 is 19.0 Å². The van der Waals surface area contributed by atoms with Gasteiger partial charge in [0.25, 0.3) is 5.91 Å². The molecule has 3 aromatic rings. The fraction of sp³-hybridized carbons (Fsp3) is 0.259. The van der Waals surface area contributed by atoms with Crippen molar-refractivity contribution in [3.05, 3.63) is 89.0 Å². The van der Waals surface area contributed by atoms with Gasteiger partial charge < -0.3 is 14.2 Å². The molecular formula is C27H30N4O4. The van der Waals surface area contributed by atoms with E-state index in [2.05, 4.69) is 52.6 Å². The highest BCUT2D eigenvalue weighted by molar-refractivity contribution is 5.87. The summed E-state index contributed by atoms with van der Waals surface area (Å²) in [5, 5.41) is 4.09. The van der Waals surface area contributed by atoms with E-state index in [9.17, 15) is 4.79 Å². The molecule has 1 saturated heterocycles. The zero-order chi connectivity index (χ0) is 24.6. The summed E-state index contributed by atoms with van der Waals surface area (Å²) in [6.07, 6.45) is 2.13. The highest BCUT2D eigenvalue weighted by atomic mass is 16.5. The third-order valence-electron chi connectivity index (χ3n) is 5.84. The van der Waals surface area contributed by atoms with Crippen molar-refractivity contribution in [2.24, 2.45) is 5.10 Å². The maximum absolute atomic E-state index is 12.6. The van der Waals surface area contributed by atoms with Crippen LogP contribution in [0.4, 0.5) is 0 Å². The Kier molecular flexibility index (Phi) is 7.97. The largest absolute Gasteiger partial charge is 0.497 e. The Balaban J connectivity index is 1.28. The molecule has 3 aromatic carbocycles. The Hall–Kier alpha value is -3.88. The first kappa shape index (κ1) is 24.3. The Morgan fingerprint density at radius 1 is 1.00 bits per heavy atom. The van der Waals surface area contributed by atoms with E-state index in [0.717, 1.165) is 16.9 Å². The van der Waals surface area contributed by atoms with Crippen LogP contribution < -0.4 is 30.5 Å². The zero-order valence-electron chi connectivity index (χ0n) is 20.1. The van der Waals surface area contributed by atoms with E-state index in [1.165, 1.54) is 11.8 Å². The molecule has 1 aliphatic rings. The van der Waals surface area contributed by atoms with Crippen molar-refractivity contribution in [2.45, 2.75) is 32.0 Å². The number of hydrogen-bond donors (Lipinski definition) is 3. The van der Waals surface area contributed by atoms with E-state index in [4.69, 9.17) is 14.2 Å². The molecule has 1 fully saturated rings. The Morgan fingerprint density at radius 3 is 2.46 bits per heavy atom. The Bertz CT molecular complexity index is 1160. The SMILES string of the molecule is COc1ccc(OC)c(/C=N/NC(=O)C2CC(c3ccc(OCc4ccc(C)cc4)cc3)NN2)c1. The van der Waals surface area contributed by atoms with E-state index in [0.29, 0.717) is 30.1 Å². The zero-order valence-corrected chi connectivity index (χ0v) is 20.1. The van der Waals surface area contributed by atoms with Crippen LogP contribution in [0.3, 0.4) is 0 Å². The first-order valence-electron chi connectivity index (χ1n) is 11.4. The molecule has 35 heavy (non-hydrogen) atoms. The summed E-state index contributed by atoms with van der Waals surface area (Å²) < 4.78 is 16.4. The van der Waals surface area contributed by atoms with Gasteiger partial charge >= 0.3 is 0 Å². The van der Waals surface area contributed by atoms with Crippen LogP contribution in [0.15, 0.2) is 71.8 Å². The lowest BCUT2D eigenvalue weighted by molar-refractivity contribution is -0.122. The molecular weight excluding hydrogens is 444 g/mol. The van der Waals surface area contributed by atoms with Gasteiger partial charge in [0.15, 0.2) is 0 Å². The number of nitrogens with one attached hydrogen (secondary N) is 3. The standard InChI is InChI=1S/C27H30N4O4/c1-18-4-6-19(7-5-18)17-35-22-10-8-20(9-11-22)24-15-25(30-29-24)27(32)31-28-16-21-14-23(33-2)12-13-26(21)34-3/h4-14,16,24-25,29-30H,15,17H2,1-3H3,(H,31,32)/b28-16+. The number of hydrogen-bond acceptors (Lipinski definition) is 7. The fourth-order valence-corrected chi connectivity index (χ4v) is 3.78. The lowest BCUT2D eigenvalue weighted by Crippen LogP contribution is -2.41. The number of amides is 1. The molecule has 3 N–H and O–H groups in total. The minimum absolute atomic E-state index is 0.000596. The maximum Gasteiger partial charge on any atom is 0.258 e. The van der Waals surface area contributed by atoms with Crippen molar-refractivity contribution in [3.8, 4) is 17.2 Å². The van der Waals surface area contributed by atoms with Gasteiger partial charge in [0.05, 0.1) is 20.4 Å². The summed E-state index contributed by atoms with van der Waals surface area (Å²) in [5.74, 6) is 1.89. The summed E-state index contributed by atoms with van der Waals surface area (Å²) in [4.78, 5) is 12.6. The molecule has 0 spiro atoms. The van der Waals surface area contributed by atoms with Crippen molar-refractivity contribution in [3.63, 3.8) is 0 Å². The molecule has 0 saturated carbocycles. The minimum Gasteiger partial charge on any atom is -0.497 e. The summed E-state index contributed by atoms with van der Waals surface area (Å²) in [7, 11) is 3.17. The van der Waals surface area contributed by atoms with Crippen LogP contribution in [0.2, 0.25) is 0 Å². The maximum atomic E-state index is 12.6. The number of benzene rings is 3. The molecule has 8 heteroatoms. The molecule has 2 unspecified atom stereocenters. The van der Waals surface area contributed by atoms with E-state index in [-0.39, 0.29) is 11.9 Å². The van der Waals surface area contributed by atoms with Crippen LogP contribution in [0.5, 0.6) is 17.2 Å². The van der Waals surface area contributed by atoms with Gasteiger partial charge in [0.1, 0.15) is 29.9 Å². The average molecular weight is 475 g/mol. The second-order valence-electron chi connectivity index (χ2n) is 8.31. The number of nitrogens with zero attached hydrogens (tertiary/aromatic N) is 1. The summed E-state index contributed by atoms with van der Waals surface area (Å²) in [6, 6.07) is 21.2. The van der Waals surface area contributed by atoms with Crippen LogP contribution in [0.25, 0.3) is 0 Å². The number of hydrazine groups is 1. The van der Waals surface area contributed by atoms with Gasteiger partial charge in [-0.2, -0.15) is 5.10 Å². The molecule has 0 aliphatic carbocycles. The van der Waals surface area contributed by atoms with Crippen molar-refractivity contribution in [1.82, 2.24) is 16.3 Å². The van der Waals surface area contributed by atoms with E-state index in [1.807, 2.05) is 24.3 Å². The lowest BCUT2D eigenvalue weighted by Gasteiger charge is -2.11. The van der Waals surface area contributed by atoms with Crippen LogP contribution >= 0.6 is 0 Å². The van der Waals surface area contributed by atoms with E-state index >= 15 is 0 Å². The van der Waals surface area contributed by atoms with Crippen LogP contribution in [-0.2, 0) is 11.4 Å². The predicted molar refractivity (Wildman–Crippen MR) is 135 cm³/mol. The van der Waals surface area contributed by atoms with Gasteiger partial charge in [0, 0.05) is 11.6 Å². The van der Waals surface area contributed by atoms with Crippen LogP contribution in [0.1, 0.15) is 34.7 Å². The second-order valence-corrected chi connectivity index (χ2v) is 8.31. The van der Waals surface area contributed by atoms with Crippen LogP contribution in [-0.4, -0.2) is 32.4 Å². The molecule has 182 valence electrons. The lowest BCUT2D eigenvalue weighted by atomic mass is 10.0. The van der Waals surface area contributed by atoms with Crippen molar-refractivity contribution in [1.29, 1.82) is 0 Å². The summed E-state index contributed by atoms with van der Waals surface area (Å²) >= 11 is 0. The van der Waals surface area contributed by atoms with Crippen molar-refractivity contribution in [2.75, 3.05) is 14.2 Å². The number of carbonyl (C=O) groups is 1. The summed E-state index contributed by atoms with van der Waals surface area (Å²) in [6.45, 7) is 2.59. The van der Waals surface area contributed by atoms with Gasteiger partial charge in [-0.3, -0.25) is 4.79 Å². The Morgan fingerprint density at radius 2 is 1.74 bits per heavy atom. The smallest absolute Gasteiger partial charge is 0.258 e. The number of aryl methyl sites for hydroxylation is 1. The topological polar surface area (TPSA) is 93.2 Å². The summed E-state index contributed by atoms with van der Waals surface area (Å²) in [5.41, 5.74) is 13.0. The molecule has 0 aromatic heterocycles. The van der Waals surface area contributed by atoms with E-state index in [1.54, 1.807) is 32.4 Å². The number of rotatable bonds is 9. The first-order valence-corrected chi connectivity index (χ1v) is 11.4. The van der Waals surface area contributed by atoms with Crippen molar-refractivity contribution >= 4 is 12.1 Å². The number of hydrazone groups is 1. The highest BCUT2D eigenvalue weighted by Crippen LogP contribution is 2.25. The molecule has 0 radical (unpaired) electrons. The van der Waals surface area contributed by atoms with Gasteiger partial charge in [-0.25, -0.2) is 16.3 Å². The second kappa shape index (κ2) is 11.5. The van der Waals surface area contributed by atoms with Gasteiger partial charge in [-0.15, -0.1) is 0 Å². The Labute approximate surface area is 205 Å². The normalized spacial score (nSPS) is 17.3. The third-order valence-corrected chi connectivity index (χ3v) is 5.84. The number of ether oxygens (including phenoxy) is 3. The van der Waals surface area contributed by atoms with E-state index < -0.39 is 6.04 Å². The molecule has 2 atom stereocenters. The van der Waals surface area contributed by atoms with Gasteiger partial charge in [-0.1, -0.05) is 42.0 Å². The van der Waals surface area contributed by atoms with Gasteiger partial charge in [0.2, 0.25) is 0 Å². The first-order chi connectivity index (χ1) is 17.1. The molecule has 4 rings (SSSR count). The predicted octanol–water partition coefficient (Wildman–Crippen LogP) is 3.65. The molecule has 0 bridgehead atoms. The number of methoxy groups -OCH3 is 2. The number of carbonyl (C=O) groups excluding carboxylic acids is 1. The van der Waals surface area contributed by atoms with Crippen LogP contribution in [0, 0.1) is 6.92 Å². The van der Waals surface area contributed by atoms with Gasteiger partial charge in [-0.05, 0) is 54.8 Å². The molecule has 1 amide bonds. The third kappa shape index (κ3) is 6.38. The molecule has 1 heterocycles. The molecule has 8 nitrogen and oxygen atoms in total. The minimum atomic E-state index is -0.415. The quantitative estimate of drug-likeness (QED) is 0.324. The monoisotopic (exact) mass is 474 g/mol.